The molecule has 8 heteroatoms. The average Bonchev–Trinajstić information content (AvgIpc) is 3.05. The molecule has 2 aliphatic rings. The predicted molar refractivity (Wildman–Crippen MR) is 106 cm³/mol. The minimum Gasteiger partial charge on any atom is -0.494 e. The van der Waals surface area contributed by atoms with Crippen LogP contribution in [0.5, 0.6) is 5.75 Å². The topological polar surface area (TPSA) is 85.2 Å². The van der Waals surface area contributed by atoms with Gasteiger partial charge in [0.25, 0.3) is 5.91 Å². The smallest absolute Gasteiger partial charge is 0.275 e. The van der Waals surface area contributed by atoms with Crippen molar-refractivity contribution in [1.82, 2.24) is 19.7 Å². The van der Waals surface area contributed by atoms with Crippen LogP contribution in [0.3, 0.4) is 0 Å². The van der Waals surface area contributed by atoms with Gasteiger partial charge < -0.3 is 15.0 Å². The van der Waals surface area contributed by atoms with Crippen molar-refractivity contribution < 1.29 is 9.53 Å². The first-order valence-electron chi connectivity index (χ1n) is 9.43. The normalized spacial score (nSPS) is 23.0. The lowest BCUT2D eigenvalue weighted by Gasteiger charge is -2.19. The van der Waals surface area contributed by atoms with E-state index in [-0.39, 0.29) is 11.6 Å². The molecule has 1 amide bonds. The predicted octanol–water partition coefficient (Wildman–Crippen LogP) is 2.33. The van der Waals surface area contributed by atoms with Gasteiger partial charge in [-0.05, 0) is 23.8 Å². The molecule has 0 bridgehead atoms. The maximum absolute atomic E-state index is 12.7. The maximum atomic E-state index is 12.7. The maximum Gasteiger partial charge on any atom is 0.275 e. The Morgan fingerprint density at radius 2 is 2.00 bits per heavy atom. The van der Waals surface area contributed by atoms with Crippen molar-refractivity contribution in [3.05, 3.63) is 36.4 Å². The Morgan fingerprint density at radius 3 is 2.68 bits per heavy atom. The number of benzene rings is 1. The standard InChI is InChI=1S/C20H22N6O2/c1-11-13-9-26(10-14(11)13)19-7-21-17(6-22-19)20(27)23-16-4-12-8-25(2)24-15(12)5-18(16)28-3/h4-8,11,13-14H,9-10H2,1-3H3,(H,23,27). The van der Waals surface area contributed by atoms with E-state index in [2.05, 4.69) is 32.2 Å². The van der Waals surface area contributed by atoms with Gasteiger partial charge in [-0.2, -0.15) is 5.10 Å². The van der Waals surface area contributed by atoms with Crippen LogP contribution in [-0.4, -0.2) is 45.9 Å². The second-order valence-corrected chi connectivity index (χ2v) is 7.72. The van der Waals surface area contributed by atoms with Crippen molar-refractivity contribution in [3.8, 4) is 5.75 Å². The van der Waals surface area contributed by atoms with Gasteiger partial charge in [0.05, 0.1) is 30.7 Å². The number of carbonyl (C=O) groups excluding carboxylic acids is 1. The number of hydrogen-bond donors (Lipinski definition) is 1. The summed E-state index contributed by atoms with van der Waals surface area (Å²) in [4.78, 5) is 23.7. The molecule has 1 aliphatic heterocycles. The van der Waals surface area contributed by atoms with Crippen LogP contribution >= 0.6 is 0 Å². The second kappa shape index (κ2) is 6.19. The number of piperidine rings is 1. The number of hydrogen-bond acceptors (Lipinski definition) is 6. The van der Waals surface area contributed by atoms with E-state index in [9.17, 15) is 4.79 Å². The molecule has 8 nitrogen and oxygen atoms in total. The summed E-state index contributed by atoms with van der Waals surface area (Å²) in [6.07, 6.45) is 5.11. The Hall–Kier alpha value is -3.16. The molecule has 144 valence electrons. The van der Waals surface area contributed by atoms with E-state index in [1.54, 1.807) is 24.1 Å². The van der Waals surface area contributed by atoms with Gasteiger partial charge in [-0.3, -0.25) is 9.48 Å². The molecule has 3 aromatic rings. The lowest BCUT2D eigenvalue weighted by Crippen LogP contribution is -2.25. The van der Waals surface area contributed by atoms with E-state index >= 15 is 0 Å². The molecule has 1 aliphatic carbocycles. The van der Waals surface area contributed by atoms with Crippen LogP contribution in [0, 0.1) is 17.8 Å². The molecule has 3 heterocycles. The number of aryl methyl sites for hydroxylation is 1. The number of ether oxygens (including phenoxy) is 1. The molecule has 2 fully saturated rings. The van der Waals surface area contributed by atoms with E-state index in [4.69, 9.17) is 4.74 Å². The first-order valence-corrected chi connectivity index (χ1v) is 9.43. The van der Waals surface area contributed by atoms with E-state index < -0.39 is 0 Å². The molecular weight excluding hydrogens is 356 g/mol. The lowest BCUT2D eigenvalue weighted by molar-refractivity contribution is 0.102. The summed E-state index contributed by atoms with van der Waals surface area (Å²) in [5, 5.41) is 8.15. The summed E-state index contributed by atoms with van der Waals surface area (Å²) in [5.41, 5.74) is 1.65. The van der Waals surface area contributed by atoms with Crippen molar-refractivity contribution in [3.63, 3.8) is 0 Å². The van der Waals surface area contributed by atoms with Crippen molar-refractivity contribution >= 4 is 28.3 Å². The molecule has 2 unspecified atom stereocenters. The van der Waals surface area contributed by atoms with Crippen molar-refractivity contribution in [1.29, 1.82) is 0 Å². The number of nitrogens with one attached hydrogen (secondary N) is 1. The molecule has 1 saturated carbocycles. The van der Waals surface area contributed by atoms with Gasteiger partial charge in [0.2, 0.25) is 0 Å². The summed E-state index contributed by atoms with van der Waals surface area (Å²) in [7, 11) is 3.42. The first kappa shape index (κ1) is 17.0. The summed E-state index contributed by atoms with van der Waals surface area (Å²) < 4.78 is 7.13. The van der Waals surface area contributed by atoms with Crippen molar-refractivity contribution in [2.75, 3.05) is 30.4 Å². The fourth-order valence-corrected chi connectivity index (χ4v) is 4.24. The highest BCUT2D eigenvalue weighted by molar-refractivity contribution is 6.04. The molecule has 28 heavy (non-hydrogen) atoms. The molecule has 2 atom stereocenters. The fraction of sp³-hybridized carbons (Fsp3) is 0.400. The minimum atomic E-state index is -0.321. The summed E-state index contributed by atoms with van der Waals surface area (Å²) in [5.74, 6) is 3.49. The van der Waals surface area contributed by atoms with Gasteiger partial charge in [-0.15, -0.1) is 0 Å². The highest BCUT2D eigenvalue weighted by Gasteiger charge is 2.52. The number of amides is 1. The zero-order chi connectivity index (χ0) is 19.4. The highest BCUT2D eigenvalue weighted by Crippen LogP contribution is 2.51. The third-order valence-corrected chi connectivity index (χ3v) is 6.01. The molecule has 1 N–H and O–H groups in total. The number of anilines is 2. The van der Waals surface area contributed by atoms with E-state index in [0.717, 1.165) is 47.6 Å². The molecular formula is C20H22N6O2. The number of carbonyl (C=O) groups is 1. The van der Waals surface area contributed by atoms with Crippen LogP contribution in [0.2, 0.25) is 0 Å². The minimum absolute atomic E-state index is 0.273. The molecule has 1 aromatic carbocycles. The van der Waals surface area contributed by atoms with Crippen LogP contribution in [-0.2, 0) is 7.05 Å². The van der Waals surface area contributed by atoms with Gasteiger partial charge in [-0.25, -0.2) is 9.97 Å². The Bertz CT molecular complexity index is 1050. The van der Waals surface area contributed by atoms with E-state index in [1.165, 1.54) is 6.20 Å². The van der Waals surface area contributed by atoms with Gasteiger partial charge in [-0.1, -0.05) is 6.92 Å². The zero-order valence-corrected chi connectivity index (χ0v) is 16.1. The third kappa shape index (κ3) is 2.76. The SMILES string of the molecule is COc1cc2nn(C)cc2cc1NC(=O)c1cnc(N2CC3C(C)C3C2)cn1. The highest BCUT2D eigenvalue weighted by atomic mass is 16.5. The second-order valence-electron chi connectivity index (χ2n) is 7.72. The lowest BCUT2D eigenvalue weighted by atomic mass is 10.2. The van der Waals surface area contributed by atoms with Crippen molar-refractivity contribution in [2.45, 2.75) is 6.92 Å². The Balaban J connectivity index is 1.33. The number of methoxy groups -OCH3 is 1. The monoisotopic (exact) mass is 378 g/mol. The number of nitrogens with zero attached hydrogens (tertiary/aromatic N) is 5. The summed E-state index contributed by atoms with van der Waals surface area (Å²) >= 11 is 0. The zero-order valence-electron chi connectivity index (χ0n) is 16.1. The molecule has 1 saturated heterocycles. The fourth-order valence-electron chi connectivity index (χ4n) is 4.24. The van der Waals surface area contributed by atoms with Gasteiger partial charge in [0, 0.05) is 37.8 Å². The average molecular weight is 378 g/mol. The van der Waals surface area contributed by atoms with Crippen LogP contribution in [0.25, 0.3) is 10.9 Å². The Kier molecular flexibility index (Phi) is 3.75. The number of rotatable bonds is 4. The van der Waals surface area contributed by atoms with Gasteiger partial charge in [0.15, 0.2) is 0 Å². The van der Waals surface area contributed by atoms with Crippen LogP contribution in [0.1, 0.15) is 17.4 Å². The Labute approximate surface area is 162 Å². The molecule has 0 radical (unpaired) electrons. The summed E-state index contributed by atoms with van der Waals surface area (Å²) in [6.45, 7) is 4.38. The first-order chi connectivity index (χ1) is 13.5. The largest absolute Gasteiger partial charge is 0.494 e. The van der Waals surface area contributed by atoms with Gasteiger partial charge >= 0.3 is 0 Å². The quantitative estimate of drug-likeness (QED) is 0.750. The molecule has 0 spiro atoms. The van der Waals surface area contributed by atoms with Gasteiger partial charge in [0.1, 0.15) is 17.3 Å². The van der Waals surface area contributed by atoms with E-state index in [0.29, 0.717) is 11.4 Å². The molecule has 5 rings (SSSR count). The van der Waals surface area contributed by atoms with Crippen LogP contribution in [0.4, 0.5) is 11.5 Å². The number of aromatic nitrogens is 4. The van der Waals surface area contributed by atoms with E-state index in [1.807, 2.05) is 19.3 Å². The summed E-state index contributed by atoms with van der Waals surface area (Å²) in [6, 6.07) is 3.65. The number of fused-ring (bicyclic) bond motifs is 2. The van der Waals surface area contributed by atoms with Crippen LogP contribution in [0.15, 0.2) is 30.7 Å². The van der Waals surface area contributed by atoms with Crippen molar-refractivity contribution in [2.24, 2.45) is 24.8 Å². The molecule has 2 aromatic heterocycles. The Morgan fingerprint density at radius 1 is 1.21 bits per heavy atom. The van der Waals surface area contributed by atoms with Crippen LogP contribution < -0.4 is 15.0 Å². The third-order valence-electron chi connectivity index (χ3n) is 6.01.